The summed E-state index contributed by atoms with van der Waals surface area (Å²) >= 11 is 3.41. The van der Waals surface area contributed by atoms with Crippen molar-refractivity contribution in [2.45, 2.75) is 19.9 Å². The van der Waals surface area contributed by atoms with Crippen LogP contribution < -0.4 is 5.32 Å². The molecule has 0 fully saturated rings. The van der Waals surface area contributed by atoms with Crippen LogP contribution in [0.2, 0.25) is 0 Å². The minimum absolute atomic E-state index is 0.0754. The van der Waals surface area contributed by atoms with Gasteiger partial charge in [-0.15, -0.1) is 0 Å². The number of anilines is 1. The van der Waals surface area contributed by atoms with Crippen molar-refractivity contribution in [3.8, 4) is 0 Å². The fourth-order valence-electron chi connectivity index (χ4n) is 1.81. The van der Waals surface area contributed by atoms with Crippen molar-refractivity contribution >= 4 is 27.3 Å². The lowest BCUT2D eigenvalue weighted by atomic mass is 10.1. The molecule has 19 heavy (non-hydrogen) atoms. The Bertz CT molecular complexity index is 596. The molecule has 0 aliphatic carbocycles. The summed E-state index contributed by atoms with van der Waals surface area (Å²) in [5, 5.41) is 14.1. The van der Waals surface area contributed by atoms with Crippen molar-refractivity contribution in [2.24, 2.45) is 0 Å². The maximum Gasteiger partial charge on any atom is 0.274 e. The fraction of sp³-hybridized carbons (Fsp3) is 0.231. The highest BCUT2D eigenvalue weighted by atomic mass is 79.9. The number of halogens is 1. The van der Waals surface area contributed by atoms with Gasteiger partial charge in [-0.2, -0.15) is 0 Å². The van der Waals surface area contributed by atoms with Crippen LogP contribution in [0.1, 0.15) is 24.3 Å². The van der Waals surface area contributed by atoms with Gasteiger partial charge in [-0.25, -0.2) is 0 Å². The zero-order chi connectivity index (χ0) is 14.0. The molecule has 2 aromatic rings. The molecule has 0 saturated heterocycles. The Kier molecular flexibility index (Phi) is 3.90. The molecule has 0 saturated carbocycles. The summed E-state index contributed by atoms with van der Waals surface area (Å²) in [6.45, 7) is 3.64. The van der Waals surface area contributed by atoms with E-state index in [1.165, 1.54) is 6.07 Å². The quantitative estimate of drug-likeness (QED) is 0.667. The third-order valence-electron chi connectivity index (χ3n) is 2.82. The molecule has 1 heterocycles. The molecule has 1 N–H and O–H groups in total. The molecule has 0 aliphatic rings. The molecule has 6 heteroatoms. The number of furan rings is 1. The number of hydrogen-bond acceptors (Lipinski definition) is 4. The van der Waals surface area contributed by atoms with Crippen LogP contribution in [-0.2, 0) is 0 Å². The van der Waals surface area contributed by atoms with Crippen LogP contribution in [0.3, 0.4) is 0 Å². The number of nitrogens with one attached hydrogen (secondary N) is 1. The molecule has 5 nitrogen and oxygen atoms in total. The second kappa shape index (κ2) is 5.44. The van der Waals surface area contributed by atoms with E-state index in [1.807, 2.05) is 13.0 Å². The highest BCUT2D eigenvalue weighted by molar-refractivity contribution is 9.10. The van der Waals surface area contributed by atoms with E-state index in [-0.39, 0.29) is 16.7 Å². The Balaban J connectivity index is 2.30. The summed E-state index contributed by atoms with van der Waals surface area (Å²) in [4.78, 5) is 10.6. The molecule has 1 unspecified atom stereocenters. The van der Waals surface area contributed by atoms with Gasteiger partial charge in [-0.3, -0.25) is 10.1 Å². The minimum atomic E-state index is -0.384. The number of nitrogens with zero attached hydrogens (tertiary/aromatic N) is 1. The van der Waals surface area contributed by atoms with Crippen molar-refractivity contribution in [1.29, 1.82) is 0 Å². The monoisotopic (exact) mass is 324 g/mol. The first kappa shape index (κ1) is 13.6. The molecule has 0 spiro atoms. The summed E-state index contributed by atoms with van der Waals surface area (Å²) < 4.78 is 6.08. The van der Waals surface area contributed by atoms with Crippen LogP contribution in [0.4, 0.5) is 11.4 Å². The van der Waals surface area contributed by atoms with Crippen LogP contribution in [0.5, 0.6) is 0 Å². The van der Waals surface area contributed by atoms with Crippen molar-refractivity contribution in [3.63, 3.8) is 0 Å². The van der Waals surface area contributed by atoms with Gasteiger partial charge in [0, 0.05) is 16.1 Å². The van der Waals surface area contributed by atoms with E-state index >= 15 is 0 Å². The van der Waals surface area contributed by atoms with Gasteiger partial charge < -0.3 is 9.73 Å². The Morgan fingerprint density at radius 1 is 1.47 bits per heavy atom. The molecule has 100 valence electrons. The van der Waals surface area contributed by atoms with Crippen LogP contribution >= 0.6 is 15.9 Å². The van der Waals surface area contributed by atoms with Gasteiger partial charge in [-0.05, 0) is 48.0 Å². The molecular weight excluding hydrogens is 312 g/mol. The van der Waals surface area contributed by atoms with Crippen LogP contribution in [-0.4, -0.2) is 4.92 Å². The van der Waals surface area contributed by atoms with Crippen molar-refractivity contribution in [1.82, 2.24) is 0 Å². The summed E-state index contributed by atoms with van der Waals surface area (Å²) in [5.41, 5.74) is 1.38. The average Bonchev–Trinajstić information content (AvgIpc) is 2.85. The van der Waals surface area contributed by atoms with Gasteiger partial charge in [0.05, 0.1) is 22.9 Å². The molecule has 1 aromatic heterocycles. The van der Waals surface area contributed by atoms with Gasteiger partial charge >= 0.3 is 0 Å². The second-order valence-electron chi connectivity index (χ2n) is 4.26. The van der Waals surface area contributed by atoms with Gasteiger partial charge in [0.1, 0.15) is 5.76 Å². The Morgan fingerprint density at radius 2 is 2.21 bits per heavy atom. The number of rotatable bonds is 4. The zero-order valence-corrected chi connectivity index (χ0v) is 12.1. The molecule has 0 amide bonds. The highest BCUT2D eigenvalue weighted by Crippen LogP contribution is 2.32. The van der Waals surface area contributed by atoms with Gasteiger partial charge in [0.25, 0.3) is 5.69 Å². The Labute approximate surface area is 118 Å². The standard InChI is InChI=1S/C13H13BrN2O3/c1-8-6-10(14)11(7-12(8)16(17)18)15-9(2)13-4-3-5-19-13/h3-7,9,15H,1-2H3. The predicted molar refractivity (Wildman–Crippen MR) is 76.3 cm³/mol. The molecule has 0 bridgehead atoms. The van der Waals surface area contributed by atoms with E-state index in [1.54, 1.807) is 25.3 Å². The van der Waals surface area contributed by atoms with E-state index in [9.17, 15) is 10.1 Å². The first-order valence-corrected chi connectivity index (χ1v) is 6.53. The second-order valence-corrected chi connectivity index (χ2v) is 5.11. The lowest BCUT2D eigenvalue weighted by Crippen LogP contribution is -2.07. The lowest BCUT2D eigenvalue weighted by Gasteiger charge is -2.14. The maximum absolute atomic E-state index is 10.9. The Hall–Kier alpha value is -1.82. The summed E-state index contributed by atoms with van der Waals surface area (Å²) in [6.07, 6.45) is 1.60. The number of hydrogen-bond donors (Lipinski definition) is 1. The largest absolute Gasteiger partial charge is 0.467 e. The van der Waals surface area contributed by atoms with Gasteiger partial charge in [0.15, 0.2) is 0 Å². The van der Waals surface area contributed by atoms with Crippen LogP contribution in [0.25, 0.3) is 0 Å². The highest BCUT2D eigenvalue weighted by Gasteiger charge is 2.16. The number of benzene rings is 1. The smallest absolute Gasteiger partial charge is 0.274 e. The summed E-state index contributed by atoms with van der Waals surface area (Å²) in [5.74, 6) is 0.773. The normalized spacial score (nSPS) is 12.2. The van der Waals surface area contributed by atoms with Gasteiger partial charge in [-0.1, -0.05) is 0 Å². The molecule has 0 aliphatic heterocycles. The van der Waals surface area contributed by atoms with Crippen molar-refractivity contribution < 1.29 is 9.34 Å². The number of nitro groups is 1. The van der Waals surface area contributed by atoms with Gasteiger partial charge in [0.2, 0.25) is 0 Å². The molecule has 2 rings (SSSR count). The third-order valence-corrected chi connectivity index (χ3v) is 3.48. The summed E-state index contributed by atoms with van der Waals surface area (Å²) in [6, 6.07) is 6.84. The fourth-order valence-corrected chi connectivity index (χ4v) is 2.38. The Morgan fingerprint density at radius 3 is 2.79 bits per heavy atom. The van der Waals surface area contributed by atoms with E-state index in [0.717, 1.165) is 10.2 Å². The van der Waals surface area contributed by atoms with Crippen molar-refractivity contribution in [3.05, 3.63) is 56.4 Å². The summed E-state index contributed by atoms with van der Waals surface area (Å²) in [7, 11) is 0. The van der Waals surface area contributed by atoms with E-state index < -0.39 is 0 Å². The predicted octanol–water partition coefficient (Wildman–Crippen LogP) is 4.43. The van der Waals surface area contributed by atoms with Crippen molar-refractivity contribution in [2.75, 3.05) is 5.32 Å². The first-order chi connectivity index (χ1) is 8.99. The van der Waals surface area contributed by atoms with E-state index in [2.05, 4.69) is 21.2 Å². The maximum atomic E-state index is 10.9. The molecule has 0 radical (unpaired) electrons. The number of aryl methyl sites for hydroxylation is 1. The number of nitro benzene ring substituents is 1. The van der Waals surface area contributed by atoms with Crippen LogP contribution in [0.15, 0.2) is 39.4 Å². The lowest BCUT2D eigenvalue weighted by molar-refractivity contribution is -0.385. The first-order valence-electron chi connectivity index (χ1n) is 5.73. The minimum Gasteiger partial charge on any atom is -0.467 e. The zero-order valence-electron chi connectivity index (χ0n) is 10.5. The molecular formula is C13H13BrN2O3. The third kappa shape index (κ3) is 2.96. The van der Waals surface area contributed by atoms with E-state index in [0.29, 0.717) is 11.3 Å². The topological polar surface area (TPSA) is 68.3 Å². The SMILES string of the molecule is Cc1cc(Br)c(NC(C)c2ccco2)cc1[N+](=O)[O-]. The molecule has 1 atom stereocenters. The van der Waals surface area contributed by atoms with Crippen LogP contribution in [0, 0.1) is 17.0 Å². The average molecular weight is 325 g/mol. The van der Waals surface area contributed by atoms with E-state index in [4.69, 9.17) is 4.42 Å². The molecule has 1 aromatic carbocycles.